The molecule has 0 saturated heterocycles. The molecule has 118 valence electrons. The van der Waals surface area contributed by atoms with E-state index in [0.717, 1.165) is 44.0 Å². The first-order chi connectivity index (χ1) is 10.7. The number of amides is 1. The van der Waals surface area contributed by atoms with Crippen molar-refractivity contribution >= 4 is 5.91 Å². The van der Waals surface area contributed by atoms with Crippen LogP contribution >= 0.6 is 0 Å². The van der Waals surface area contributed by atoms with E-state index in [2.05, 4.69) is 21.5 Å². The van der Waals surface area contributed by atoms with Crippen LogP contribution in [0, 0.1) is 6.92 Å². The van der Waals surface area contributed by atoms with Crippen molar-refractivity contribution in [2.75, 3.05) is 6.54 Å². The highest BCUT2D eigenvalue weighted by atomic mass is 16.2. The van der Waals surface area contributed by atoms with Crippen molar-refractivity contribution in [2.24, 2.45) is 0 Å². The zero-order valence-electron chi connectivity index (χ0n) is 13.3. The van der Waals surface area contributed by atoms with Gasteiger partial charge in [-0.2, -0.15) is 0 Å². The summed E-state index contributed by atoms with van der Waals surface area (Å²) in [7, 11) is 0. The average Bonchev–Trinajstić information content (AvgIpc) is 3.08. The maximum absolute atomic E-state index is 12.8. The van der Waals surface area contributed by atoms with E-state index in [1.807, 2.05) is 35.0 Å². The lowest BCUT2D eigenvalue weighted by atomic mass is 10.1. The van der Waals surface area contributed by atoms with Gasteiger partial charge in [0.1, 0.15) is 18.2 Å². The van der Waals surface area contributed by atoms with Crippen molar-refractivity contribution in [3.05, 3.63) is 36.4 Å². The summed E-state index contributed by atoms with van der Waals surface area (Å²) in [6.07, 6.45) is 10.4. The zero-order chi connectivity index (χ0) is 15.5. The van der Waals surface area contributed by atoms with E-state index >= 15 is 0 Å². The van der Waals surface area contributed by atoms with E-state index in [4.69, 9.17) is 0 Å². The highest BCUT2D eigenvalue weighted by molar-refractivity contribution is 5.76. The standard InChI is InChI=1S/C16H23N5O/c1-3-5-14-16-18-7-10-19(16)8-4-9-21(14)15(22)12-20-11-6-17-13(20)2/h6-7,10-11,14H,3-5,8-9,12H2,1-2H3. The molecule has 1 unspecified atom stereocenters. The van der Waals surface area contributed by atoms with Gasteiger partial charge < -0.3 is 14.0 Å². The average molecular weight is 301 g/mol. The van der Waals surface area contributed by atoms with Crippen LogP contribution in [0.1, 0.15) is 43.9 Å². The normalized spacial score (nSPS) is 18.1. The van der Waals surface area contributed by atoms with E-state index < -0.39 is 0 Å². The van der Waals surface area contributed by atoms with Crippen molar-refractivity contribution in [1.29, 1.82) is 0 Å². The maximum atomic E-state index is 12.8. The molecule has 1 atom stereocenters. The molecular weight excluding hydrogens is 278 g/mol. The molecule has 3 heterocycles. The van der Waals surface area contributed by atoms with Gasteiger partial charge in [-0.05, 0) is 19.8 Å². The fraction of sp³-hybridized carbons (Fsp3) is 0.562. The Morgan fingerprint density at radius 3 is 2.82 bits per heavy atom. The van der Waals surface area contributed by atoms with Gasteiger partial charge in [0.05, 0.1) is 6.04 Å². The molecule has 0 spiro atoms. The second-order valence-electron chi connectivity index (χ2n) is 5.83. The van der Waals surface area contributed by atoms with Crippen LogP contribution in [-0.4, -0.2) is 36.5 Å². The molecule has 22 heavy (non-hydrogen) atoms. The van der Waals surface area contributed by atoms with Gasteiger partial charge in [-0.1, -0.05) is 13.3 Å². The monoisotopic (exact) mass is 301 g/mol. The Balaban J connectivity index is 1.84. The van der Waals surface area contributed by atoms with E-state index in [-0.39, 0.29) is 11.9 Å². The van der Waals surface area contributed by atoms with Crippen LogP contribution in [0.5, 0.6) is 0 Å². The van der Waals surface area contributed by atoms with Gasteiger partial charge in [0.25, 0.3) is 0 Å². The molecule has 1 aliphatic heterocycles. The largest absolute Gasteiger partial charge is 0.333 e. The molecule has 0 N–H and O–H groups in total. The third-order valence-electron chi connectivity index (χ3n) is 4.33. The van der Waals surface area contributed by atoms with Crippen LogP contribution in [0.4, 0.5) is 0 Å². The fourth-order valence-corrected chi connectivity index (χ4v) is 3.18. The SMILES string of the molecule is CCCC1c2nccn2CCCN1C(=O)Cn1ccnc1C. The van der Waals surface area contributed by atoms with Gasteiger partial charge in [-0.15, -0.1) is 0 Å². The molecule has 0 saturated carbocycles. The first kappa shape index (κ1) is 14.8. The van der Waals surface area contributed by atoms with Crippen molar-refractivity contribution in [1.82, 2.24) is 24.0 Å². The van der Waals surface area contributed by atoms with Gasteiger partial charge in [0, 0.05) is 37.9 Å². The Morgan fingerprint density at radius 1 is 1.27 bits per heavy atom. The predicted octanol–water partition coefficient (Wildman–Crippen LogP) is 2.16. The molecule has 0 aromatic carbocycles. The molecule has 2 aromatic rings. The smallest absolute Gasteiger partial charge is 0.243 e. The molecule has 6 nitrogen and oxygen atoms in total. The van der Waals surface area contributed by atoms with Crippen molar-refractivity contribution in [3.63, 3.8) is 0 Å². The third-order valence-corrected chi connectivity index (χ3v) is 4.33. The summed E-state index contributed by atoms with van der Waals surface area (Å²) >= 11 is 0. The summed E-state index contributed by atoms with van der Waals surface area (Å²) in [6, 6.07) is 0.0822. The minimum Gasteiger partial charge on any atom is -0.333 e. The van der Waals surface area contributed by atoms with Gasteiger partial charge >= 0.3 is 0 Å². The zero-order valence-corrected chi connectivity index (χ0v) is 13.3. The Bertz CT molecular complexity index is 645. The molecule has 1 aliphatic rings. The minimum absolute atomic E-state index is 0.0822. The van der Waals surface area contributed by atoms with Crippen molar-refractivity contribution in [3.8, 4) is 0 Å². The number of aromatic nitrogens is 4. The van der Waals surface area contributed by atoms with Crippen LogP contribution in [0.3, 0.4) is 0 Å². The maximum Gasteiger partial charge on any atom is 0.243 e. The van der Waals surface area contributed by atoms with Crippen LogP contribution in [-0.2, 0) is 17.9 Å². The summed E-state index contributed by atoms with van der Waals surface area (Å²) in [5, 5.41) is 0. The summed E-state index contributed by atoms with van der Waals surface area (Å²) in [6.45, 7) is 6.16. The molecule has 6 heteroatoms. The fourth-order valence-electron chi connectivity index (χ4n) is 3.18. The molecule has 0 bridgehead atoms. The number of nitrogens with zero attached hydrogens (tertiary/aromatic N) is 5. The number of fused-ring (bicyclic) bond motifs is 1. The number of imidazole rings is 2. The highest BCUT2D eigenvalue weighted by Crippen LogP contribution is 2.28. The van der Waals surface area contributed by atoms with Crippen LogP contribution in [0.15, 0.2) is 24.8 Å². The van der Waals surface area contributed by atoms with Crippen LogP contribution in [0.25, 0.3) is 0 Å². The third kappa shape index (κ3) is 2.77. The van der Waals surface area contributed by atoms with E-state index in [1.54, 1.807) is 6.20 Å². The number of hydrogen-bond acceptors (Lipinski definition) is 3. The second-order valence-corrected chi connectivity index (χ2v) is 5.83. The number of hydrogen-bond donors (Lipinski definition) is 0. The summed E-state index contributed by atoms with van der Waals surface area (Å²) < 4.78 is 4.10. The molecule has 3 rings (SSSR count). The molecule has 0 aliphatic carbocycles. The molecule has 1 amide bonds. The summed E-state index contributed by atoms with van der Waals surface area (Å²) in [5.74, 6) is 2.04. The lowest BCUT2D eigenvalue weighted by molar-refractivity contribution is -0.134. The lowest BCUT2D eigenvalue weighted by Crippen LogP contribution is -2.37. The Morgan fingerprint density at radius 2 is 2.09 bits per heavy atom. The summed E-state index contributed by atoms with van der Waals surface area (Å²) in [4.78, 5) is 23.5. The Kier molecular flexibility index (Phi) is 4.27. The number of aryl methyl sites for hydroxylation is 2. The van der Waals surface area contributed by atoms with Crippen LogP contribution < -0.4 is 0 Å². The number of rotatable bonds is 4. The molecule has 0 radical (unpaired) electrons. The van der Waals surface area contributed by atoms with E-state index in [0.29, 0.717) is 6.54 Å². The van der Waals surface area contributed by atoms with Gasteiger partial charge in [-0.3, -0.25) is 4.79 Å². The quantitative estimate of drug-likeness (QED) is 0.869. The van der Waals surface area contributed by atoms with Gasteiger partial charge in [-0.25, -0.2) is 9.97 Å². The first-order valence-electron chi connectivity index (χ1n) is 7.99. The first-order valence-corrected chi connectivity index (χ1v) is 7.99. The minimum atomic E-state index is 0.0822. The molecular formula is C16H23N5O. The van der Waals surface area contributed by atoms with Crippen molar-refractivity contribution < 1.29 is 4.79 Å². The molecule has 0 fully saturated rings. The Labute approximate surface area is 130 Å². The van der Waals surface area contributed by atoms with Gasteiger partial charge in [0.15, 0.2) is 0 Å². The van der Waals surface area contributed by atoms with E-state index in [9.17, 15) is 4.79 Å². The van der Waals surface area contributed by atoms with Crippen LogP contribution in [0.2, 0.25) is 0 Å². The number of carbonyl (C=O) groups excluding carboxylic acids is 1. The Hall–Kier alpha value is -2.11. The highest BCUT2D eigenvalue weighted by Gasteiger charge is 2.29. The summed E-state index contributed by atoms with van der Waals surface area (Å²) in [5.41, 5.74) is 0. The second kappa shape index (κ2) is 6.34. The number of carbonyl (C=O) groups is 1. The lowest BCUT2D eigenvalue weighted by Gasteiger charge is -2.29. The topological polar surface area (TPSA) is 56.0 Å². The van der Waals surface area contributed by atoms with Crippen molar-refractivity contribution in [2.45, 2.75) is 52.2 Å². The predicted molar refractivity (Wildman–Crippen MR) is 83.2 cm³/mol. The molecule has 2 aromatic heterocycles. The van der Waals surface area contributed by atoms with Gasteiger partial charge in [0.2, 0.25) is 5.91 Å². The van der Waals surface area contributed by atoms with E-state index in [1.165, 1.54) is 0 Å².